The average molecular weight is 255 g/mol. The first kappa shape index (κ1) is 13.7. The molecule has 0 aliphatic heterocycles. The third-order valence-corrected chi connectivity index (χ3v) is 3.38. The minimum atomic E-state index is -0.493. The highest BCUT2D eigenvalue weighted by molar-refractivity contribution is 7.10. The van der Waals surface area contributed by atoms with Crippen LogP contribution in [0.3, 0.4) is 0 Å². The molecule has 0 spiro atoms. The molecule has 0 saturated carbocycles. The Morgan fingerprint density at radius 3 is 2.59 bits per heavy atom. The summed E-state index contributed by atoms with van der Waals surface area (Å²) in [5, 5.41) is 9.69. The quantitative estimate of drug-likeness (QED) is 0.758. The van der Waals surface area contributed by atoms with Crippen LogP contribution in [-0.2, 0) is 4.79 Å². The maximum atomic E-state index is 11.6. The number of carbonyl (C=O) groups is 2. The summed E-state index contributed by atoms with van der Waals surface area (Å²) in [6.07, 6.45) is 0. The molecule has 5 nitrogen and oxygen atoms in total. The lowest BCUT2D eigenvalue weighted by Crippen LogP contribution is -2.47. The van der Waals surface area contributed by atoms with Gasteiger partial charge in [-0.15, -0.1) is 11.3 Å². The van der Waals surface area contributed by atoms with Gasteiger partial charge < -0.3 is 5.32 Å². The van der Waals surface area contributed by atoms with Gasteiger partial charge in [-0.05, 0) is 25.3 Å². The molecule has 0 fully saturated rings. The Morgan fingerprint density at radius 2 is 2.06 bits per heavy atom. The monoisotopic (exact) mass is 255 g/mol. The third-order valence-electron chi connectivity index (χ3n) is 2.33. The topological polar surface area (TPSA) is 70.2 Å². The first-order valence-corrected chi connectivity index (χ1v) is 6.24. The minimum Gasteiger partial charge on any atom is -0.341 e. The van der Waals surface area contributed by atoms with Gasteiger partial charge >= 0.3 is 6.03 Å². The second-order valence-corrected chi connectivity index (χ2v) is 4.67. The Kier molecular flexibility index (Phi) is 5.11. The number of hydrogen-bond acceptors (Lipinski definition) is 4. The van der Waals surface area contributed by atoms with Gasteiger partial charge in [0.15, 0.2) is 0 Å². The van der Waals surface area contributed by atoms with Gasteiger partial charge in [0.05, 0.1) is 6.04 Å². The van der Waals surface area contributed by atoms with Gasteiger partial charge in [0, 0.05) is 18.0 Å². The SMILES string of the molecule is CNC(=O)NC(=O)C(C)NC(C)c1cccs1. The van der Waals surface area contributed by atoms with E-state index in [-0.39, 0.29) is 11.9 Å². The highest BCUT2D eigenvalue weighted by atomic mass is 32.1. The number of nitrogens with one attached hydrogen (secondary N) is 3. The van der Waals surface area contributed by atoms with Crippen molar-refractivity contribution < 1.29 is 9.59 Å². The first-order chi connectivity index (χ1) is 8.04. The molecule has 0 saturated heterocycles. The summed E-state index contributed by atoms with van der Waals surface area (Å²) in [4.78, 5) is 23.7. The molecule has 1 rings (SSSR count). The zero-order chi connectivity index (χ0) is 12.8. The van der Waals surface area contributed by atoms with Crippen molar-refractivity contribution in [3.05, 3.63) is 22.4 Å². The van der Waals surface area contributed by atoms with Crippen molar-refractivity contribution in [1.82, 2.24) is 16.0 Å². The number of rotatable bonds is 4. The van der Waals surface area contributed by atoms with Crippen LogP contribution in [0.1, 0.15) is 24.8 Å². The fourth-order valence-electron chi connectivity index (χ4n) is 1.35. The summed E-state index contributed by atoms with van der Waals surface area (Å²) in [5.74, 6) is -0.340. The van der Waals surface area contributed by atoms with Crippen molar-refractivity contribution in [2.45, 2.75) is 25.9 Å². The summed E-state index contributed by atoms with van der Waals surface area (Å²) in [5.41, 5.74) is 0. The lowest BCUT2D eigenvalue weighted by atomic mass is 10.2. The van der Waals surface area contributed by atoms with Gasteiger partial charge in [-0.25, -0.2) is 4.79 Å². The van der Waals surface area contributed by atoms with E-state index in [1.165, 1.54) is 7.05 Å². The summed E-state index contributed by atoms with van der Waals surface area (Å²) in [7, 11) is 1.47. The van der Waals surface area contributed by atoms with Crippen molar-refractivity contribution in [3.63, 3.8) is 0 Å². The smallest absolute Gasteiger partial charge is 0.321 e. The Hall–Kier alpha value is -1.40. The van der Waals surface area contributed by atoms with E-state index in [4.69, 9.17) is 0 Å². The standard InChI is InChI=1S/C11H17N3O2S/c1-7(9-5-4-6-17-9)13-8(2)10(15)14-11(16)12-3/h4-8,13H,1-3H3,(H2,12,14,15,16). The fraction of sp³-hybridized carbons (Fsp3) is 0.455. The van der Waals surface area contributed by atoms with Crippen LogP contribution in [0, 0.1) is 0 Å². The molecule has 3 amide bonds. The number of amides is 3. The van der Waals surface area contributed by atoms with E-state index in [0.717, 1.165) is 4.88 Å². The van der Waals surface area contributed by atoms with Gasteiger partial charge in [0.1, 0.15) is 0 Å². The molecule has 0 aromatic carbocycles. The van der Waals surface area contributed by atoms with Gasteiger partial charge in [0.2, 0.25) is 5.91 Å². The zero-order valence-corrected chi connectivity index (χ0v) is 10.9. The highest BCUT2D eigenvalue weighted by Gasteiger charge is 2.18. The van der Waals surface area contributed by atoms with E-state index in [1.807, 2.05) is 24.4 Å². The molecule has 0 radical (unpaired) electrons. The predicted molar refractivity (Wildman–Crippen MR) is 67.9 cm³/mol. The van der Waals surface area contributed by atoms with Crippen LogP contribution in [0.25, 0.3) is 0 Å². The Morgan fingerprint density at radius 1 is 1.35 bits per heavy atom. The van der Waals surface area contributed by atoms with Crippen molar-refractivity contribution in [2.75, 3.05) is 7.05 Å². The Bertz CT molecular complexity index is 378. The second kappa shape index (κ2) is 6.36. The van der Waals surface area contributed by atoms with Gasteiger partial charge in [0.25, 0.3) is 0 Å². The third kappa shape index (κ3) is 4.16. The molecular weight excluding hydrogens is 238 g/mol. The normalized spacial score (nSPS) is 13.8. The Labute approximate surface area is 105 Å². The lowest BCUT2D eigenvalue weighted by Gasteiger charge is -2.18. The second-order valence-electron chi connectivity index (χ2n) is 3.69. The molecule has 0 aliphatic carbocycles. The fourth-order valence-corrected chi connectivity index (χ4v) is 2.10. The molecule has 1 aromatic heterocycles. The summed E-state index contributed by atoms with van der Waals surface area (Å²) >= 11 is 1.63. The van der Waals surface area contributed by atoms with Crippen LogP contribution in [0.4, 0.5) is 4.79 Å². The van der Waals surface area contributed by atoms with Gasteiger partial charge in [-0.1, -0.05) is 6.07 Å². The number of urea groups is 1. The Balaban J connectivity index is 2.46. The van der Waals surface area contributed by atoms with Crippen molar-refractivity contribution in [1.29, 1.82) is 0 Å². The maximum Gasteiger partial charge on any atom is 0.321 e. The number of carbonyl (C=O) groups excluding carboxylic acids is 2. The van der Waals surface area contributed by atoms with Crippen LogP contribution in [0.2, 0.25) is 0 Å². The molecule has 2 unspecified atom stereocenters. The van der Waals surface area contributed by atoms with Crippen LogP contribution in [0.5, 0.6) is 0 Å². The van der Waals surface area contributed by atoms with Crippen LogP contribution in [-0.4, -0.2) is 25.0 Å². The molecule has 2 atom stereocenters. The van der Waals surface area contributed by atoms with E-state index in [2.05, 4.69) is 16.0 Å². The molecule has 6 heteroatoms. The van der Waals surface area contributed by atoms with Crippen LogP contribution >= 0.6 is 11.3 Å². The molecule has 94 valence electrons. The van der Waals surface area contributed by atoms with Gasteiger partial charge in [-0.2, -0.15) is 0 Å². The lowest BCUT2D eigenvalue weighted by molar-refractivity contribution is -0.121. The molecule has 0 aliphatic rings. The van der Waals surface area contributed by atoms with E-state index in [1.54, 1.807) is 18.3 Å². The maximum absolute atomic E-state index is 11.6. The molecule has 1 heterocycles. The number of thiophene rings is 1. The first-order valence-electron chi connectivity index (χ1n) is 5.36. The predicted octanol–water partition coefficient (Wildman–Crippen LogP) is 1.24. The molecule has 3 N–H and O–H groups in total. The summed E-state index contributed by atoms with van der Waals surface area (Å²) in [6, 6.07) is 3.14. The molecular formula is C11H17N3O2S. The van der Waals surface area contributed by atoms with E-state index < -0.39 is 12.1 Å². The van der Waals surface area contributed by atoms with E-state index >= 15 is 0 Å². The van der Waals surface area contributed by atoms with Crippen molar-refractivity contribution >= 4 is 23.3 Å². The molecule has 1 aromatic rings. The number of imide groups is 1. The van der Waals surface area contributed by atoms with Gasteiger partial charge in [-0.3, -0.25) is 15.4 Å². The average Bonchev–Trinajstić information content (AvgIpc) is 2.82. The molecule has 0 bridgehead atoms. The molecule has 17 heavy (non-hydrogen) atoms. The summed E-state index contributed by atoms with van der Waals surface area (Å²) in [6.45, 7) is 3.71. The van der Waals surface area contributed by atoms with Crippen LogP contribution < -0.4 is 16.0 Å². The van der Waals surface area contributed by atoms with Crippen LogP contribution in [0.15, 0.2) is 17.5 Å². The highest BCUT2D eigenvalue weighted by Crippen LogP contribution is 2.18. The number of hydrogen-bond donors (Lipinski definition) is 3. The largest absolute Gasteiger partial charge is 0.341 e. The van der Waals surface area contributed by atoms with Crippen molar-refractivity contribution in [2.24, 2.45) is 0 Å². The zero-order valence-electron chi connectivity index (χ0n) is 10.1. The minimum absolute atomic E-state index is 0.0837. The van der Waals surface area contributed by atoms with E-state index in [9.17, 15) is 9.59 Å². The summed E-state index contributed by atoms with van der Waals surface area (Å²) < 4.78 is 0. The van der Waals surface area contributed by atoms with Crippen molar-refractivity contribution in [3.8, 4) is 0 Å². The van der Waals surface area contributed by atoms with E-state index in [0.29, 0.717) is 0 Å².